The number of methoxy groups -OCH3 is 1. The minimum Gasteiger partial charge on any atom is -0.508 e. The van der Waals surface area contributed by atoms with E-state index in [0.717, 1.165) is 45.1 Å². The minimum absolute atomic E-state index is 0. The van der Waals surface area contributed by atoms with Crippen molar-refractivity contribution in [3.63, 3.8) is 0 Å². The van der Waals surface area contributed by atoms with Crippen LogP contribution in [0.15, 0.2) is 54.9 Å². The number of likely N-dealkylation sites (N-methyl/N-ethyl adjacent to an activating group) is 1. The number of hydrogen-bond donors (Lipinski definition) is 3. The third-order valence-electron chi connectivity index (χ3n) is 12.9. The van der Waals surface area contributed by atoms with Crippen LogP contribution in [0.3, 0.4) is 0 Å². The highest BCUT2D eigenvalue weighted by atomic mass is 32.2. The molecule has 2 fully saturated rings. The molecule has 3 N–H and O–H groups in total. The van der Waals surface area contributed by atoms with Gasteiger partial charge in [-0.15, -0.1) is 0 Å². The van der Waals surface area contributed by atoms with Crippen LogP contribution in [0.1, 0.15) is 70.6 Å². The molecule has 21 heteroatoms. The molecular weight excluding hydrogens is 979 g/mol. The van der Waals surface area contributed by atoms with Gasteiger partial charge in [-0.05, 0) is 96.7 Å². The maximum absolute atomic E-state index is 14.7. The van der Waals surface area contributed by atoms with Crippen molar-refractivity contribution in [3.8, 4) is 28.1 Å². The van der Waals surface area contributed by atoms with E-state index in [1.807, 2.05) is 24.4 Å². The molecule has 0 radical (unpaired) electrons. The van der Waals surface area contributed by atoms with Crippen molar-refractivity contribution >= 4 is 98.6 Å². The number of sulfonamides is 1. The summed E-state index contributed by atoms with van der Waals surface area (Å²) < 4.78 is 39.7. The van der Waals surface area contributed by atoms with Gasteiger partial charge in [-0.1, -0.05) is 39.8 Å². The molecule has 3 aliphatic heterocycles. The Morgan fingerprint density at radius 2 is 1.77 bits per heavy atom. The van der Waals surface area contributed by atoms with Crippen molar-refractivity contribution in [1.29, 1.82) is 0 Å². The number of carbonyl (C=O) groups excluding carboxylic acids is 4. The van der Waals surface area contributed by atoms with Gasteiger partial charge in [-0.3, -0.25) is 29.2 Å². The van der Waals surface area contributed by atoms with E-state index in [9.17, 15) is 32.7 Å². The molecule has 0 unspecified atom stereocenters. The highest BCUT2D eigenvalue weighted by Gasteiger charge is 2.41. The predicted octanol–water partition coefficient (Wildman–Crippen LogP) is 5.11. The number of fused-ring (bicyclic) bond motifs is 6. The van der Waals surface area contributed by atoms with Crippen LogP contribution in [-0.2, 0) is 64.7 Å². The summed E-state index contributed by atoms with van der Waals surface area (Å²) in [5.41, 5.74) is 9.61. The molecule has 0 saturated carbocycles. The number of esters is 1. The fourth-order valence-corrected chi connectivity index (χ4v) is 10.7. The zero-order valence-electron chi connectivity index (χ0n) is 40.7. The lowest BCUT2D eigenvalue weighted by molar-refractivity contribution is -0.155. The second-order valence-electron chi connectivity index (χ2n) is 18.9. The molecule has 0 spiro atoms. The van der Waals surface area contributed by atoms with Crippen LogP contribution in [0.2, 0.25) is 0 Å². The molecule has 5 heterocycles. The topological polar surface area (TPSA) is 193 Å². The first-order valence-corrected chi connectivity index (χ1v) is 24.3. The van der Waals surface area contributed by atoms with Crippen LogP contribution >= 0.6 is 54.0 Å². The summed E-state index contributed by atoms with van der Waals surface area (Å²) in [6, 6.07) is 10.3. The summed E-state index contributed by atoms with van der Waals surface area (Å²) in [6.07, 6.45) is 6.48. The van der Waals surface area contributed by atoms with Crippen LogP contribution in [0.25, 0.3) is 33.3 Å². The Morgan fingerprint density at radius 3 is 2.42 bits per heavy atom. The third-order valence-corrected chi connectivity index (χ3v) is 14.2. The molecule has 4 atom stereocenters. The normalized spacial score (nSPS) is 20.0. The minimum atomic E-state index is -3.50. The van der Waals surface area contributed by atoms with Gasteiger partial charge in [0, 0.05) is 81.0 Å². The van der Waals surface area contributed by atoms with Gasteiger partial charge >= 0.3 is 5.97 Å². The van der Waals surface area contributed by atoms with Crippen molar-refractivity contribution in [2.24, 2.45) is 17.3 Å². The average molecular weight is 1050 g/mol. The first-order chi connectivity index (χ1) is 30.8. The molecular formula is C48H71N7O9S5. The van der Waals surface area contributed by atoms with Gasteiger partial charge in [0.05, 0.1) is 31.1 Å². The quantitative estimate of drug-likeness (QED) is 0.179. The molecule has 6 bridgehead atoms. The van der Waals surface area contributed by atoms with Gasteiger partial charge in [0.1, 0.15) is 23.9 Å². The Bertz CT molecular complexity index is 2590. The first kappa shape index (κ1) is 59.3. The number of hydrogen-bond acceptors (Lipinski definition) is 11. The van der Waals surface area contributed by atoms with Crippen LogP contribution in [0.4, 0.5) is 0 Å². The number of pyridine rings is 1. The third kappa shape index (κ3) is 13.1. The number of rotatable bonds is 10. The number of aromatic nitrogens is 2. The van der Waals surface area contributed by atoms with E-state index >= 15 is 0 Å². The number of carbonyl (C=O) groups is 4. The van der Waals surface area contributed by atoms with Gasteiger partial charge in [-0.2, -0.15) is 54.0 Å². The second-order valence-corrected chi connectivity index (χ2v) is 20.9. The Hall–Kier alpha value is -3.96. The van der Waals surface area contributed by atoms with Crippen molar-refractivity contribution in [1.82, 2.24) is 34.5 Å². The Morgan fingerprint density at radius 1 is 1.04 bits per heavy atom. The summed E-state index contributed by atoms with van der Waals surface area (Å²) in [4.78, 5) is 62.8. The summed E-state index contributed by atoms with van der Waals surface area (Å²) in [5.74, 6) is -2.97. The molecule has 2 saturated heterocycles. The molecule has 3 aliphatic rings. The van der Waals surface area contributed by atoms with Crippen LogP contribution in [-0.4, -0.2) is 126 Å². The van der Waals surface area contributed by atoms with Gasteiger partial charge < -0.3 is 29.4 Å². The maximum atomic E-state index is 14.7. The lowest BCUT2D eigenvalue weighted by atomic mass is 9.84. The van der Waals surface area contributed by atoms with Gasteiger partial charge in [-0.25, -0.2) is 18.1 Å². The predicted molar refractivity (Wildman–Crippen MR) is 288 cm³/mol. The van der Waals surface area contributed by atoms with Crippen molar-refractivity contribution in [2.45, 2.75) is 98.0 Å². The average Bonchev–Trinajstić information content (AvgIpc) is 3.88. The number of nitrogens with zero attached hydrogens (tertiary/aromatic N) is 5. The Kier molecular flexibility index (Phi) is 21.0. The van der Waals surface area contributed by atoms with Crippen LogP contribution in [0.5, 0.6) is 5.75 Å². The lowest BCUT2D eigenvalue weighted by Gasteiger charge is -2.37. The van der Waals surface area contributed by atoms with Crippen molar-refractivity contribution in [2.75, 3.05) is 46.7 Å². The van der Waals surface area contributed by atoms with E-state index in [1.165, 1.54) is 21.3 Å². The molecule has 4 aromatic rings. The van der Waals surface area contributed by atoms with Crippen LogP contribution in [0, 0.1) is 17.3 Å². The smallest absolute Gasteiger partial charge is 0.324 e. The maximum Gasteiger partial charge on any atom is 0.324 e. The van der Waals surface area contributed by atoms with E-state index in [1.54, 1.807) is 39.3 Å². The monoisotopic (exact) mass is 1050 g/mol. The number of hydrazine groups is 1. The largest absolute Gasteiger partial charge is 0.508 e. The summed E-state index contributed by atoms with van der Waals surface area (Å²) in [7, 11) is -0.304. The number of phenolic OH excluding ortho intramolecular Hbond substituents is 1. The lowest BCUT2D eigenvalue weighted by Crippen LogP contribution is -2.62. The van der Waals surface area contributed by atoms with E-state index in [-0.39, 0.29) is 104 Å². The summed E-state index contributed by atoms with van der Waals surface area (Å²) >= 11 is 0. The SMILES string of the molecule is CCn1c(-c2cnccc2COC)c2c3cc(ccc31)-c1cc(O)cc(c1)C[C@H](NC(=O)[C@H](C(C)C)N(C)C(=O)[C@H]1CCN(S(C)(=O)=O)C1)C(=O)N1CCC[C@H](N1)C(=O)OCC(C)(C)C2.S.S.S.S. The van der Waals surface area contributed by atoms with E-state index in [0.29, 0.717) is 50.0 Å². The number of phenols is 1. The second kappa shape index (κ2) is 24.4. The van der Waals surface area contributed by atoms with E-state index in [2.05, 4.69) is 53.2 Å². The molecule has 2 aromatic heterocycles. The molecule has 3 amide bonds. The number of cyclic esters (lactones) is 1. The van der Waals surface area contributed by atoms with Crippen molar-refractivity contribution < 1.29 is 42.2 Å². The van der Waals surface area contributed by atoms with Gasteiger partial charge in [0.25, 0.3) is 5.91 Å². The van der Waals surface area contributed by atoms with E-state index in [4.69, 9.17) is 9.47 Å². The number of amides is 3. The molecule has 7 rings (SSSR count). The van der Waals surface area contributed by atoms with Gasteiger partial charge in [0.2, 0.25) is 21.8 Å². The number of benzene rings is 2. The van der Waals surface area contributed by atoms with Gasteiger partial charge in [0.15, 0.2) is 0 Å². The molecule has 382 valence electrons. The fourth-order valence-electron chi connectivity index (χ4n) is 9.77. The number of aromatic hydroxyl groups is 1. The molecule has 0 aliphatic carbocycles. The zero-order valence-corrected chi connectivity index (χ0v) is 45.5. The summed E-state index contributed by atoms with van der Waals surface area (Å²) in [5, 5.41) is 16.6. The molecule has 16 nitrogen and oxygen atoms in total. The Balaban J connectivity index is 0.00000315. The fraction of sp³-hybridized carbons (Fsp3) is 0.521. The summed E-state index contributed by atoms with van der Waals surface area (Å²) in [6.45, 7) is 11.5. The molecule has 69 heavy (non-hydrogen) atoms. The molecule has 2 aromatic carbocycles. The van der Waals surface area contributed by atoms with E-state index < -0.39 is 57.3 Å². The number of ether oxygens (including phenoxy) is 2. The standard InChI is InChI=1S/C48H63N7O9S.4H2S/c1-9-54-41-13-12-31-23-36(41)37(43(54)38-25-49-16-14-33(38)27-63-7)24-48(4,5)28-64-47(60)39-11-10-17-55(51-39)46(59)40(21-30-19-34(31)22-35(56)20-30)50-44(57)42(29(2)3)52(6)45(58)32-15-18-53(26-32)65(8,61)62;;;;/h12-14,16,19-20,22-23,25,29,32,39-40,42,51,56H,9-11,15,17-18,21,24,26-28H2,1-8H3,(H,50,57);4*1H2/t32-,39-,40-,42-;;;;/m0..../s1. The first-order valence-electron chi connectivity index (χ1n) is 22.5. The number of aryl methyl sites for hydroxylation is 1. The van der Waals surface area contributed by atoms with Crippen LogP contribution < -0.4 is 10.7 Å². The Labute approximate surface area is 434 Å². The highest BCUT2D eigenvalue weighted by Crippen LogP contribution is 2.41. The number of nitrogens with one attached hydrogen (secondary N) is 2. The highest BCUT2D eigenvalue weighted by molar-refractivity contribution is 7.88. The zero-order chi connectivity index (χ0) is 47.0. The van der Waals surface area contributed by atoms with Crippen molar-refractivity contribution in [3.05, 3.63) is 71.5 Å².